The lowest BCUT2D eigenvalue weighted by Gasteiger charge is -2.25. The lowest BCUT2D eigenvalue weighted by atomic mass is 9.76. The third-order valence-electron chi connectivity index (χ3n) is 3.33. The van der Waals surface area contributed by atoms with Gasteiger partial charge in [0.1, 0.15) is 0 Å². The van der Waals surface area contributed by atoms with Crippen molar-refractivity contribution in [1.82, 2.24) is 0 Å². The Labute approximate surface area is 104 Å². The number of benzene rings is 1. The number of rotatable bonds is 4. The van der Waals surface area contributed by atoms with Gasteiger partial charge < -0.3 is 0 Å². The number of nitrogens with zero attached hydrogens (tertiary/aromatic N) is 1. The Bertz CT molecular complexity index is 452. The number of allylic oxidation sites excluding steroid dienone is 4. The maximum Gasteiger partial charge on any atom is 0.0667 e. The summed E-state index contributed by atoms with van der Waals surface area (Å²) in [5.41, 5.74) is 2.55. The summed E-state index contributed by atoms with van der Waals surface area (Å²) in [6, 6.07) is 8.46. The van der Waals surface area contributed by atoms with E-state index < -0.39 is 0 Å². The van der Waals surface area contributed by atoms with Crippen LogP contribution in [-0.4, -0.2) is 6.21 Å². The van der Waals surface area contributed by atoms with Crippen LogP contribution in [0.25, 0.3) is 0 Å². The Morgan fingerprint density at radius 2 is 1.71 bits per heavy atom. The van der Waals surface area contributed by atoms with Crippen molar-refractivity contribution in [2.75, 3.05) is 0 Å². The van der Waals surface area contributed by atoms with E-state index in [-0.39, 0.29) is 5.41 Å². The monoisotopic (exact) mass is 225 g/mol. The van der Waals surface area contributed by atoms with Crippen LogP contribution in [-0.2, 0) is 5.41 Å². The average Bonchev–Trinajstić information content (AvgIpc) is 2.74. The van der Waals surface area contributed by atoms with Crippen molar-refractivity contribution in [2.45, 2.75) is 32.1 Å². The van der Waals surface area contributed by atoms with Crippen molar-refractivity contribution in [2.24, 2.45) is 4.99 Å². The zero-order chi connectivity index (χ0) is 12.1. The number of hydrogen-bond donors (Lipinski definition) is 0. The van der Waals surface area contributed by atoms with Crippen LogP contribution in [0.2, 0.25) is 0 Å². The average molecular weight is 225 g/mol. The first-order chi connectivity index (χ1) is 8.32. The van der Waals surface area contributed by atoms with Crippen molar-refractivity contribution in [1.29, 1.82) is 0 Å². The molecule has 1 nitrogen and oxygen atoms in total. The molecule has 0 amide bonds. The molecule has 0 aliphatic carbocycles. The second-order valence-electron chi connectivity index (χ2n) is 4.48. The lowest BCUT2D eigenvalue weighted by molar-refractivity contribution is 0.615. The molecule has 0 bridgehead atoms. The summed E-state index contributed by atoms with van der Waals surface area (Å²) in [6.07, 6.45) is 12.9. The fourth-order valence-electron chi connectivity index (χ4n) is 2.33. The molecule has 1 heterocycles. The van der Waals surface area contributed by atoms with Gasteiger partial charge in [0.15, 0.2) is 0 Å². The van der Waals surface area contributed by atoms with Crippen LogP contribution in [0, 0.1) is 0 Å². The molecule has 0 spiro atoms. The van der Waals surface area contributed by atoms with Crippen molar-refractivity contribution in [3.63, 3.8) is 0 Å². The molecule has 0 saturated heterocycles. The molecule has 0 aromatic heterocycles. The predicted octanol–water partition coefficient (Wildman–Crippen LogP) is 4.57. The van der Waals surface area contributed by atoms with Crippen LogP contribution in [0.15, 0.2) is 53.6 Å². The Morgan fingerprint density at radius 3 is 2.35 bits per heavy atom. The Hall–Kier alpha value is -1.63. The molecule has 1 aliphatic rings. The molecule has 0 radical (unpaired) electrons. The molecule has 0 atom stereocenters. The molecule has 2 rings (SSSR count). The van der Waals surface area contributed by atoms with Gasteiger partial charge in [0, 0.05) is 11.6 Å². The molecule has 1 aromatic carbocycles. The van der Waals surface area contributed by atoms with Crippen LogP contribution in [0.5, 0.6) is 0 Å². The summed E-state index contributed by atoms with van der Waals surface area (Å²) >= 11 is 0. The fourth-order valence-corrected chi connectivity index (χ4v) is 2.33. The van der Waals surface area contributed by atoms with Gasteiger partial charge in [-0.1, -0.05) is 42.5 Å². The van der Waals surface area contributed by atoms with Crippen molar-refractivity contribution < 1.29 is 0 Å². The van der Waals surface area contributed by atoms with Gasteiger partial charge >= 0.3 is 0 Å². The van der Waals surface area contributed by atoms with E-state index in [2.05, 4.69) is 73.6 Å². The lowest BCUT2D eigenvalue weighted by Crippen LogP contribution is -2.24. The first-order valence-corrected chi connectivity index (χ1v) is 6.19. The summed E-state index contributed by atoms with van der Waals surface area (Å²) in [5.74, 6) is 0. The topological polar surface area (TPSA) is 12.4 Å². The summed E-state index contributed by atoms with van der Waals surface area (Å²) in [5, 5.41) is 0. The standard InChI is InChI=1S/C16H19N/c1-3-5-11-16(12-6-4-2)13-17-15-10-8-7-9-14(15)16/h3-10,13H,11-12H2,1-2H3/b5-3+,6-4+. The molecular weight excluding hydrogens is 206 g/mol. The van der Waals surface area contributed by atoms with Gasteiger partial charge in [0.05, 0.1) is 5.69 Å². The minimum absolute atomic E-state index is 0.0651. The smallest absolute Gasteiger partial charge is 0.0667 e. The molecule has 0 N–H and O–H groups in total. The molecule has 1 aliphatic heterocycles. The summed E-state index contributed by atoms with van der Waals surface area (Å²) < 4.78 is 0. The van der Waals surface area contributed by atoms with Gasteiger partial charge in [-0.25, -0.2) is 0 Å². The molecule has 1 aromatic rings. The number of aliphatic imine (C=N–C) groups is 1. The number of para-hydroxylation sites is 1. The maximum atomic E-state index is 4.57. The highest BCUT2D eigenvalue weighted by Gasteiger charge is 2.33. The third-order valence-corrected chi connectivity index (χ3v) is 3.33. The van der Waals surface area contributed by atoms with Gasteiger partial charge in [-0.15, -0.1) is 0 Å². The highest BCUT2D eigenvalue weighted by Crippen LogP contribution is 2.41. The Kier molecular flexibility index (Phi) is 3.58. The molecular formula is C16H19N. The van der Waals surface area contributed by atoms with E-state index >= 15 is 0 Å². The van der Waals surface area contributed by atoms with Crippen LogP contribution in [0.1, 0.15) is 32.3 Å². The Morgan fingerprint density at radius 1 is 1.06 bits per heavy atom. The van der Waals surface area contributed by atoms with Gasteiger partial charge in [0.2, 0.25) is 0 Å². The van der Waals surface area contributed by atoms with Crippen LogP contribution < -0.4 is 0 Å². The molecule has 88 valence electrons. The van der Waals surface area contributed by atoms with Gasteiger partial charge in [-0.2, -0.15) is 0 Å². The molecule has 0 unspecified atom stereocenters. The highest BCUT2D eigenvalue weighted by molar-refractivity contribution is 5.85. The first-order valence-electron chi connectivity index (χ1n) is 6.19. The van der Waals surface area contributed by atoms with E-state index in [0.29, 0.717) is 0 Å². The van der Waals surface area contributed by atoms with E-state index in [4.69, 9.17) is 0 Å². The summed E-state index contributed by atoms with van der Waals surface area (Å²) in [4.78, 5) is 4.57. The maximum absolute atomic E-state index is 4.57. The molecule has 0 fully saturated rings. The number of fused-ring (bicyclic) bond motifs is 1. The first kappa shape index (κ1) is 11.8. The van der Waals surface area contributed by atoms with E-state index in [0.717, 1.165) is 18.5 Å². The number of hydrogen-bond acceptors (Lipinski definition) is 1. The van der Waals surface area contributed by atoms with Crippen molar-refractivity contribution >= 4 is 11.9 Å². The van der Waals surface area contributed by atoms with Gasteiger partial charge in [-0.05, 0) is 38.3 Å². The minimum atomic E-state index is 0.0651. The van der Waals surface area contributed by atoms with Crippen LogP contribution >= 0.6 is 0 Å². The molecule has 17 heavy (non-hydrogen) atoms. The van der Waals surface area contributed by atoms with Crippen molar-refractivity contribution in [3.8, 4) is 0 Å². The molecule has 0 saturated carbocycles. The fraction of sp³-hybridized carbons (Fsp3) is 0.312. The second-order valence-corrected chi connectivity index (χ2v) is 4.48. The largest absolute Gasteiger partial charge is 0.260 e. The zero-order valence-electron chi connectivity index (χ0n) is 10.6. The third kappa shape index (κ3) is 2.23. The quantitative estimate of drug-likeness (QED) is 0.665. The summed E-state index contributed by atoms with van der Waals surface area (Å²) in [6.45, 7) is 4.14. The van der Waals surface area contributed by atoms with E-state index in [1.807, 2.05) is 0 Å². The van der Waals surface area contributed by atoms with E-state index in [9.17, 15) is 0 Å². The normalized spacial score (nSPS) is 17.1. The van der Waals surface area contributed by atoms with E-state index in [1.165, 1.54) is 5.56 Å². The molecule has 1 heteroatoms. The SMILES string of the molecule is C/C=C/CC1(C/C=C/C)C=Nc2ccccc21. The predicted molar refractivity (Wildman–Crippen MR) is 75.1 cm³/mol. The summed E-state index contributed by atoms with van der Waals surface area (Å²) in [7, 11) is 0. The van der Waals surface area contributed by atoms with Crippen molar-refractivity contribution in [3.05, 3.63) is 54.1 Å². The van der Waals surface area contributed by atoms with Crippen LogP contribution in [0.4, 0.5) is 5.69 Å². The highest BCUT2D eigenvalue weighted by atomic mass is 14.8. The van der Waals surface area contributed by atoms with Crippen LogP contribution in [0.3, 0.4) is 0 Å². The van der Waals surface area contributed by atoms with Gasteiger partial charge in [-0.3, -0.25) is 4.99 Å². The Balaban J connectivity index is 2.39. The minimum Gasteiger partial charge on any atom is -0.260 e. The van der Waals surface area contributed by atoms with E-state index in [1.54, 1.807) is 0 Å². The zero-order valence-corrected chi connectivity index (χ0v) is 10.6. The second kappa shape index (κ2) is 5.13. The van der Waals surface area contributed by atoms with Gasteiger partial charge in [0.25, 0.3) is 0 Å².